The number of nitrogen functional groups attached to an aromatic ring is 1. The molecule has 2 aromatic rings. The molecule has 1 amide bonds. The second-order valence-corrected chi connectivity index (χ2v) is 4.88. The number of halogens is 2. The fraction of sp³-hybridized carbons (Fsp3) is 0.385. The van der Waals surface area contributed by atoms with Gasteiger partial charge >= 0.3 is 0 Å². The van der Waals surface area contributed by atoms with Crippen molar-refractivity contribution < 1.29 is 9.18 Å². The molecule has 1 aromatic carbocycles. The van der Waals surface area contributed by atoms with Crippen molar-refractivity contribution >= 4 is 34.5 Å². The van der Waals surface area contributed by atoms with Gasteiger partial charge in [0.05, 0.1) is 16.1 Å². The van der Waals surface area contributed by atoms with Crippen molar-refractivity contribution in [2.75, 3.05) is 12.3 Å². The number of carbonyl (C=O) groups is 1. The van der Waals surface area contributed by atoms with Crippen molar-refractivity contribution in [1.29, 1.82) is 0 Å². The number of hydrogen-bond acceptors (Lipinski definition) is 3. The van der Waals surface area contributed by atoms with Gasteiger partial charge in [-0.15, -0.1) is 0 Å². The molecule has 5 nitrogen and oxygen atoms in total. The first-order valence-corrected chi connectivity index (χ1v) is 6.78. The minimum atomic E-state index is -0.532. The summed E-state index contributed by atoms with van der Waals surface area (Å²) in [5.41, 5.74) is 6.85. The molecule has 0 saturated heterocycles. The first-order chi connectivity index (χ1) is 9.52. The van der Waals surface area contributed by atoms with Gasteiger partial charge in [0.15, 0.2) is 0 Å². The zero-order valence-electron chi connectivity index (χ0n) is 11.1. The summed E-state index contributed by atoms with van der Waals surface area (Å²) >= 11 is 5.70. The minimum Gasteiger partial charge on any atom is -0.369 e. The van der Waals surface area contributed by atoms with Crippen molar-refractivity contribution in [3.05, 3.63) is 23.0 Å². The van der Waals surface area contributed by atoms with E-state index in [0.29, 0.717) is 24.1 Å². The van der Waals surface area contributed by atoms with Gasteiger partial charge in [0, 0.05) is 25.6 Å². The smallest absolute Gasteiger partial charge is 0.221 e. The van der Waals surface area contributed by atoms with Crippen LogP contribution >= 0.6 is 11.6 Å². The van der Waals surface area contributed by atoms with Crippen LogP contribution in [0.2, 0.25) is 5.02 Å². The lowest BCUT2D eigenvalue weighted by Gasteiger charge is -2.07. The van der Waals surface area contributed by atoms with Gasteiger partial charge in [-0.25, -0.2) is 9.37 Å². The number of anilines is 1. The number of benzene rings is 1. The highest BCUT2D eigenvalue weighted by Crippen LogP contribution is 2.24. The Morgan fingerprint density at radius 1 is 1.55 bits per heavy atom. The van der Waals surface area contributed by atoms with Crippen LogP contribution in [0.3, 0.4) is 0 Å². The summed E-state index contributed by atoms with van der Waals surface area (Å²) in [4.78, 5) is 15.7. The molecule has 20 heavy (non-hydrogen) atoms. The Kier molecular flexibility index (Phi) is 4.44. The van der Waals surface area contributed by atoms with Gasteiger partial charge in [-0.1, -0.05) is 18.5 Å². The van der Waals surface area contributed by atoms with Gasteiger partial charge in [-0.3, -0.25) is 4.79 Å². The van der Waals surface area contributed by atoms with Crippen LogP contribution in [0.4, 0.5) is 10.3 Å². The number of aromatic nitrogens is 2. The molecule has 0 saturated carbocycles. The van der Waals surface area contributed by atoms with Crippen LogP contribution in [0.5, 0.6) is 0 Å². The van der Waals surface area contributed by atoms with Gasteiger partial charge < -0.3 is 15.6 Å². The quantitative estimate of drug-likeness (QED) is 0.890. The second-order valence-electron chi connectivity index (χ2n) is 4.48. The number of imidazole rings is 1. The molecule has 0 bridgehead atoms. The van der Waals surface area contributed by atoms with Gasteiger partial charge in [-0.2, -0.15) is 0 Å². The van der Waals surface area contributed by atoms with Gasteiger partial charge in [0.25, 0.3) is 0 Å². The molecule has 0 unspecified atom stereocenters. The van der Waals surface area contributed by atoms with Crippen LogP contribution in [0, 0.1) is 5.82 Å². The van der Waals surface area contributed by atoms with E-state index < -0.39 is 5.82 Å². The number of fused-ring (bicyclic) bond motifs is 1. The molecule has 1 heterocycles. The van der Waals surface area contributed by atoms with E-state index in [1.807, 2.05) is 6.92 Å². The number of amides is 1. The molecular weight excluding hydrogens is 283 g/mol. The molecule has 108 valence electrons. The Hall–Kier alpha value is -1.82. The molecule has 2 rings (SSSR count). The van der Waals surface area contributed by atoms with E-state index in [2.05, 4.69) is 10.3 Å². The van der Waals surface area contributed by atoms with Crippen molar-refractivity contribution in [3.8, 4) is 0 Å². The molecule has 3 N–H and O–H groups in total. The summed E-state index contributed by atoms with van der Waals surface area (Å²) in [6, 6.07) is 2.71. The van der Waals surface area contributed by atoms with E-state index in [4.69, 9.17) is 17.3 Å². The molecule has 0 aliphatic rings. The van der Waals surface area contributed by atoms with E-state index >= 15 is 0 Å². The average molecular weight is 299 g/mol. The Balaban J connectivity index is 2.19. The standard InChI is InChI=1S/C13H16ClFN4O/c1-2-4-17-12(20)3-5-19-11-7-9(15)8(14)6-10(11)18-13(19)16/h6-7H,2-5H2,1H3,(H2,16,18)(H,17,20). The van der Waals surface area contributed by atoms with Crippen LogP contribution in [-0.4, -0.2) is 22.0 Å². The third-order valence-corrected chi connectivity index (χ3v) is 3.24. The lowest BCUT2D eigenvalue weighted by Crippen LogP contribution is -2.25. The molecule has 1 aromatic heterocycles. The third-order valence-electron chi connectivity index (χ3n) is 2.95. The maximum absolute atomic E-state index is 13.5. The molecule has 7 heteroatoms. The van der Waals surface area contributed by atoms with Crippen LogP contribution < -0.4 is 11.1 Å². The molecule has 0 fully saturated rings. The second kappa shape index (κ2) is 6.09. The Morgan fingerprint density at radius 3 is 3.00 bits per heavy atom. The Morgan fingerprint density at radius 2 is 2.30 bits per heavy atom. The van der Waals surface area contributed by atoms with E-state index in [1.165, 1.54) is 12.1 Å². The minimum absolute atomic E-state index is 0.00263. The maximum Gasteiger partial charge on any atom is 0.221 e. The summed E-state index contributed by atoms with van der Waals surface area (Å²) in [7, 11) is 0. The summed E-state index contributed by atoms with van der Waals surface area (Å²) < 4.78 is 15.1. The first kappa shape index (κ1) is 14.6. The lowest BCUT2D eigenvalue weighted by atomic mass is 10.3. The molecular formula is C13H16ClFN4O. The number of nitrogens with one attached hydrogen (secondary N) is 1. The summed E-state index contributed by atoms with van der Waals surface area (Å²) in [5.74, 6) is -0.358. The number of nitrogens with zero attached hydrogens (tertiary/aromatic N) is 2. The largest absolute Gasteiger partial charge is 0.369 e. The Labute approximate surface area is 120 Å². The van der Waals surface area contributed by atoms with Crippen molar-refractivity contribution in [3.63, 3.8) is 0 Å². The number of nitrogens with two attached hydrogens (primary N) is 1. The van der Waals surface area contributed by atoms with E-state index in [9.17, 15) is 9.18 Å². The van der Waals surface area contributed by atoms with Crippen LogP contribution in [-0.2, 0) is 11.3 Å². The van der Waals surface area contributed by atoms with Crippen LogP contribution in [0.1, 0.15) is 19.8 Å². The first-order valence-electron chi connectivity index (χ1n) is 6.40. The third kappa shape index (κ3) is 3.01. The molecule has 0 spiro atoms. The number of carbonyl (C=O) groups excluding carboxylic acids is 1. The summed E-state index contributed by atoms with van der Waals surface area (Å²) in [5, 5.41) is 2.78. The van der Waals surface area contributed by atoms with Crippen molar-refractivity contribution in [2.45, 2.75) is 26.3 Å². The monoisotopic (exact) mass is 298 g/mol. The highest BCUT2D eigenvalue weighted by Gasteiger charge is 2.12. The normalized spacial score (nSPS) is 10.9. The number of rotatable bonds is 5. The summed E-state index contributed by atoms with van der Waals surface area (Å²) in [6.45, 7) is 2.97. The lowest BCUT2D eigenvalue weighted by molar-refractivity contribution is -0.121. The van der Waals surface area contributed by atoms with E-state index in [0.717, 1.165) is 6.42 Å². The fourth-order valence-corrected chi connectivity index (χ4v) is 2.10. The van der Waals surface area contributed by atoms with Crippen LogP contribution in [0.25, 0.3) is 11.0 Å². The number of aryl methyl sites for hydroxylation is 1. The summed E-state index contributed by atoms with van der Waals surface area (Å²) in [6.07, 6.45) is 1.14. The van der Waals surface area contributed by atoms with Crippen molar-refractivity contribution in [1.82, 2.24) is 14.9 Å². The highest BCUT2D eigenvalue weighted by molar-refractivity contribution is 6.31. The fourth-order valence-electron chi connectivity index (χ4n) is 1.94. The highest BCUT2D eigenvalue weighted by atomic mass is 35.5. The van der Waals surface area contributed by atoms with E-state index in [1.54, 1.807) is 4.57 Å². The molecule has 0 atom stereocenters. The Bertz CT molecular complexity index is 641. The average Bonchev–Trinajstić information content (AvgIpc) is 2.70. The molecule has 0 aliphatic carbocycles. The van der Waals surface area contributed by atoms with Gasteiger partial charge in [-0.05, 0) is 12.5 Å². The topological polar surface area (TPSA) is 72.9 Å². The molecule has 0 aliphatic heterocycles. The zero-order valence-corrected chi connectivity index (χ0v) is 11.9. The predicted octanol–water partition coefficient (Wildman–Crippen LogP) is 2.33. The SMILES string of the molecule is CCCNC(=O)CCn1c(N)nc2cc(Cl)c(F)cc21. The van der Waals surface area contributed by atoms with Gasteiger partial charge in [0.2, 0.25) is 11.9 Å². The van der Waals surface area contributed by atoms with Gasteiger partial charge in [0.1, 0.15) is 5.82 Å². The van der Waals surface area contributed by atoms with Crippen LogP contribution in [0.15, 0.2) is 12.1 Å². The maximum atomic E-state index is 13.5. The molecule has 0 radical (unpaired) electrons. The van der Waals surface area contributed by atoms with Crippen molar-refractivity contribution in [2.24, 2.45) is 0 Å². The number of hydrogen-bond donors (Lipinski definition) is 2. The van der Waals surface area contributed by atoms with E-state index in [-0.39, 0.29) is 23.3 Å². The zero-order chi connectivity index (χ0) is 14.7. The predicted molar refractivity (Wildman–Crippen MR) is 77.0 cm³/mol.